The van der Waals surface area contributed by atoms with Gasteiger partial charge in [-0.2, -0.15) is 0 Å². The number of methoxy groups -OCH3 is 1. The number of hydrogen-bond acceptors (Lipinski definition) is 3. The first-order chi connectivity index (χ1) is 11.1. The minimum absolute atomic E-state index is 0.0761. The van der Waals surface area contributed by atoms with E-state index in [1.54, 1.807) is 13.2 Å². The molecule has 0 saturated carbocycles. The second-order valence-corrected chi connectivity index (χ2v) is 5.12. The minimum Gasteiger partial charge on any atom is -0.493 e. The Morgan fingerprint density at radius 2 is 2.00 bits per heavy atom. The third kappa shape index (κ3) is 4.88. The molecule has 23 heavy (non-hydrogen) atoms. The number of aryl methyl sites for hydroxylation is 1. The summed E-state index contributed by atoms with van der Waals surface area (Å²) in [7, 11) is 1.58. The largest absolute Gasteiger partial charge is 0.493 e. The first-order valence-electron chi connectivity index (χ1n) is 7.42. The maximum atomic E-state index is 12.0. The van der Waals surface area contributed by atoms with Gasteiger partial charge in [0.05, 0.1) is 7.11 Å². The van der Waals surface area contributed by atoms with Gasteiger partial charge in [0.2, 0.25) is 0 Å². The maximum Gasteiger partial charge on any atom is 0.262 e. The van der Waals surface area contributed by atoms with Crippen LogP contribution >= 0.6 is 0 Å². The van der Waals surface area contributed by atoms with Gasteiger partial charge in [-0.15, -0.1) is 0 Å². The fraction of sp³-hybridized carbons (Fsp3) is 0.211. The van der Waals surface area contributed by atoms with Crippen molar-refractivity contribution in [1.82, 2.24) is 0 Å². The van der Waals surface area contributed by atoms with Crippen molar-refractivity contribution in [2.45, 2.75) is 13.8 Å². The summed E-state index contributed by atoms with van der Waals surface area (Å²) in [6.07, 6.45) is 3.92. The Balaban J connectivity index is 1.98. The molecule has 0 aliphatic carbocycles. The van der Waals surface area contributed by atoms with E-state index in [1.807, 2.05) is 62.4 Å². The van der Waals surface area contributed by atoms with Crippen LogP contribution in [0.4, 0.5) is 5.69 Å². The number of carbonyl (C=O) groups excluding carboxylic acids is 1. The Morgan fingerprint density at radius 1 is 1.17 bits per heavy atom. The molecule has 4 heteroatoms. The van der Waals surface area contributed by atoms with E-state index >= 15 is 0 Å². The van der Waals surface area contributed by atoms with Crippen LogP contribution in [0.25, 0.3) is 6.08 Å². The van der Waals surface area contributed by atoms with Crippen LogP contribution in [0.3, 0.4) is 0 Å². The summed E-state index contributed by atoms with van der Waals surface area (Å²) in [4.78, 5) is 12.0. The summed E-state index contributed by atoms with van der Waals surface area (Å²) in [5.41, 5.74) is 2.86. The van der Waals surface area contributed by atoms with Gasteiger partial charge in [0, 0.05) is 5.69 Å². The van der Waals surface area contributed by atoms with Gasteiger partial charge in [0.1, 0.15) is 0 Å². The van der Waals surface area contributed by atoms with E-state index in [0.717, 1.165) is 16.8 Å². The van der Waals surface area contributed by atoms with Crippen molar-refractivity contribution in [2.75, 3.05) is 19.0 Å². The number of anilines is 1. The molecule has 2 rings (SSSR count). The minimum atomic E-state index is -0.213. The van der Waals surface area contributed by atoms with Gasteiger partial charge in [0.25, 0.3) is 5.91 Å². The van der Waals surface area contributed by atoms with E-state index in [2.05, 4.69) is 5.32 Å². The molecule has 0 radical (unpaired) electrons. The molecule has 0 aromatic heterocycles. The van der Waals surface area contributed by atoms with Crippen LogP contribution in [0.1, 0.15) is 18.1 Å². The van der Waals surface area contributed by atoms with Crippen LogP contribution in [0, 0.1) is 6.92 Å². The van der Waals surface area contributed by atoms with Crippen LogP contribution < -0.4 is 14.8 Å². The number of ether oxygens (including phenoxy) is 2. The summed E-state index contributed by atoms with van der Waals surface area (Å²) in [5, 5.41) is 2.81. The van der Waals surface area contributed by atoms with Crippen molar-refractivity contribution in [3.63, 3.8) is 0 Å². The Morgan fingerprint density at radius 3 is 2.70 bits per heavy atom. The molecule has 2 aromatic carbocycles. The average molecular weight is 311 g/mol. The number of rotatable bonds is 6. The fourth-order valence-electron chi connectivity index (χ4n) is 2.16. The average Bonchev–Trinajstić information content (AvgIpc) is 2.54. The molecule has 0 saturated heterocycles. The number of carbonyl (C=O) groups is 1. The predicted molar refractivity (Wildman–Crippen MR) is 93.0 cm³/mol. The van der Waals surface area contributed by atoms with Gasteiger partial charge in [-0.3, -0.25) is 4.79 Å². The molecule has 0 aliphatic rings. The SMILES string of the molecule is C/C=C/c1ccc(OCC(=O)Nc2cccc(C)c2)c(OC)c1. The molecule has 0 heterocycles. The second-order valence-electron chi connectivity index (χ2n) is 5.12. The fourth-order valence-corrected chi connectivity index (χ4v) is 2.16. The smallest absolute Gasteiger partial charge is 0.262 e. The van der Waals surface area contributed by atoms with Crippen LogP contribution in [-0.2, 0) is 4.79 Å². The predicted octanol–water partition coefficient (Wildman–Crippen LogP) is 4.05. The van der Waals surface area contributed by atoms with E-state index in [1.165, 1.54) is 0 Å². The molecule has 1 amide bonds. The summed E-state index contributed by atoms with van der Waals surface area (Å²) in [6.45, 7) is 3.85. The van der Waals surface area contributed by atoms with Gasteiger partial charge < -0.3 is 14.8 Å². The zero-order valence-electron chi connectivity index (χ0n) is 13.6. The number of nitrogens with one attached hydrogen (secondary N) is 1. The van der Waals surface area contributed by atoms with Crippen molar-refractivity contribution in [1.29, 1.82) is 0 Å². The quantitative estimate of drug-likeness (QED) is 0.875. The van der Waals surface area contributed by atoms with E-state index in [9.17, 15) is 4.79 Å². The van der Waals surface area contributed by atoms with E-state index < -0.39 is 0 Å². The third-order valence-corrected chi connectivity index (χ3v) is 3.21. The molecule has 0 fully saturated rings. The van der Waals surface area contributed by atoms with Crippen LogP contribution in [-0.4, -0.2) is 19.6 Å². The molecular formula is C19H21NO3. The number of amides is 1. The third-order valence-electron chi connectivity index (χ3n) is 3.21. The van der Waals surface area contributed by atoms with Gasteiger partial charge >= 0.3 is 0 Å². The zero-order valence-corrected chi connectivity index (χ0v) is 13.6. The highest BCUT2D eigenvalue weighted by Gasteiger charge is 2.08. The zero-order chi connectivity index (χ0) is 16.7. The number of hydrogen-bond donors (Lipinski definition) is 1. The Labute approximate surface area is 136 Å². The van der Waals surface area contributed by atoms with E-state index in [0.29, 0.717) is 11.5 Å². The molecule has 0 bridgehead atoms. The van der Waals surface area contributed by atoms with E-state index in [-0.39, 0.29) is 12.5 Å². The van der Waals surface area contributed by atoms with Crippen LogP contribution in [0.2, 0.25) is 0 Å². The van der Waals surface area contributed by atoms with Crippen molar-refractivity contribution >= 4 is 17.7 Å². The lowest BCUT2D eigenvalue weighted by atomic mass is 10.2. The van der Waals surface area contributed by atoms with Gasteiger partial charge in [-0.05, 0) is 49.2 Å². The molecule has 120 valence electrons. The van der Waals surface area contributed by atoms with Crippen molar-refractivity contribution in [3.05, 3.63) is 59.7 Å². The molecule has 1 N–H and O–H groups in total. The molecule has 0 atom stereocenters. The Bertz CT molecular complexity index is 708. The maximum absolute atomic E-state index is 12.0. The van der Waals surface area contributed by atoms with E-state index in [4.69, 9.17) is 9.47 Å². The lowest BCUT2D eigenvalue weighted by Gasteiger charge is -2.11. The summed E-state index contributed by atoms with van der Waals surface area (Å²) in [5.74, 6) is 0.930. The van der Waals surface area contributed by atoms with Gasteiger partial charge in [0.15, 0.2) is 18.1 Å². The first-order valence-corrected chi connectivity index (χ1v) is 7.42. The highest BCUT2D eigenvalue weighted by molar-refractivity contribution is 5.92. The molecule has 4 nitrogen and oxygen atoms in total. The summed E-state index contributed by atoms with van der Waals surface area (Å²) >= 11 is 0. The lowest BCUT2D eigenvalue weighted by Crippen LogP contribution is -2.20. The standard InChI is InChI=1S/C19H21NO3/c1-4-6-15-9-10-17(18(12-15)22-3)23-13-19(21)20-16-8-5-7-14(2)11-16/h4-12H,13H2,1-3H3,(H,20,21)/b6-4+. The Kier molecular flexibility index (Phi) is 5.80. The summed E-state index contributed by atoms with van der Waals surface area (Å²) in [6, 6.07) is 13.2. The topological polar surface area (TPSA) is 47.6 Å². The van der Waals surface area contributed by atoms with Gasteiger partial charge in [-0.25, -0.2) is 0 Å². The molecule has 0 unspecified atom stereocenters. The van der Waals surface area contributed by atoms with Crippen molar-refractivity contribution < 1.29 is 14.3 Å². The van der Waals surface area contributed by atoms with Crippen LogP contribution in [0.5, 0.6) is 11.5 Å². The lowest BCUT2D eigenvalue weighted by molar-refractivity contribution is -0.118. The van der Waals surface area contributed by atoms with Crippen molar-refractivity contribution in [2.24, 2.45) is 0 Å². The number of benzene rings is 2. The normalized spacial score (nSPS) is 10.6. The van der Waals surface area contributed by atoms with Crippen molar-refractivity contribution in [3.8, 4) is 11.5 Å². The molecule has 0 aliphatic heterocycles. The highest BCUT2D eigenvalue weighted by atomic mass is 16.5. The highest BCUT2D eigenvalue weighted by Crippen LogP contribution is 2.28. The first kappa shape index (κ1) is 16.6. The monoisotopic (exact) mass is 311 g/mol. The Hall–Kier alpha value is -2.75. The second kappa shape index (κ2) is 8.03. The molecular weight excluding hydrogens is 290 g/mol. The van der Waals surface area contributed by atoms with Crippen LogP contribution in [0.15, 0.2) is 48.5 Å². The molecule has 2 aromatic rings. The van der Waals surface area contributed by atoms with Gasteiger partial charge in [-0.1, -0.05) is 30.4 Å². The summed E-state index contributed by atoms with van der Waals surface area (Å²) < 4.78 is 10.9. The number of allylic oxidation sites excluding steroid dienone is 1. The molecule has 0 spiro atoms.